The molecule has 0 unspecified atom stereocenters. The van der Waals surface area contributed by atoms with E-state index in [4.69, 9.17) is 5.11 Å². The van der Waals surface area contributed by atoms with Crippen LogP contribution in [0.3, 0.4) is 0 Å². The van der Waals surface area contributed by atoms with Gasteiger partial charge in [0.05, 0.1) is 6.26 Å². The van der Waals surface area contributed by atoms with E-state index in [1.807, 2.05) is 0 Å². The first kappa shape index (κ1) is 8.28. The van der Waals surface area contributed by atoms with Gasteiger partial charge in [-0.05, 0) is 18.9 Å². The van der Waals surface area contributed by atoms with Gasteiger partial charge in [0.2, 0.25) is 0 Å². The lowest BCUT2D eigenvalue weighted by atomic mass is 10.3. The van der Waals surface area contributed by atoms with Crippen molar-refractivity contribution in [3.8, 4) is 0 Å². The number of hydrogen-bond acceptors (Lipinski definition) is 1. The number of aliphatic hydroxyl groups is 1. The molecule has 0 aliphatic heterocycles. The van der Waals surface area contributed by atoms with Gasteiger partial charge in [-0.1, -0.05) is 25.5 Å². The van der Waals surface area contributed by atoms with E-state index in [1.165, 1.54) is 6.42 Å². The SMILES string of the molecule is CCC/C=C/C/C=C/O. The largest absolute Gasteiger partial charge is 0.516 e. The predicted molar refractivity (Wildman–Crippen MR) is 40.4 cm³/mol. The lowest BCUT2D eigenvalue weighted by Gasteiger charge is -1.81. The standard InChI is InChI=1S/C8H14O/c1-2-3-4-5-6-7-8-9/h4-5,7-9H,2-3,6H2,1H3/b5-4+,8-7+. The number of allylic oxidation sites excluding steroid dienone is 3. The van der Waals surface area contributed by atoms with Crippen LogP contribution in [0.15, 0.2) is 24.5 Å². The van der Waals surface area contributed by atoms with E-state index >= 15 is 0 Å². The van der Waals surface area contributed by atoms with E-state index in [-0.39, 0.29) is 0 Å². The van der Waals surface area contributed by atoms with E-state index in [0.717, 1.165) is 19.1 Å². The van der Waals surface area contributed by atoms with E-state index in [1.54, 1.807) is 6.08 Å². The zero-order chi connectivity index (χ0) is 6.95. The minimum Gasteiger partial charge on any atom is -0.516 e. The fourth-order valence-electron chi connectivity index (χ4n) is 0.520. The number of hydrogen-bond donors (Lipinski definition) is 1. The molecule has 0 bridgehead atoms. The molecular formula is C8H14O. The van der Waals surface area contributed by atoms with Gasteiger partial charge < -0.3 is 5.11 Å². The molecular weight excluding hydrogens is 112 g/mol. The maximum atomic E-state index is 8.21. The van der Waals surface area contributed by atoms with Crippen LogP contribution in [-0.4, -0.2) is 5.11 Å². The molecule has 9 heavy (non-hydrogen) atoms. The molecule has 0 aliphatic carbocycles. The summed E-state index contributed by atoms with van der Waals surface area (Å²) in [5.74, 6) is 0. The molecule has 0 atom stereocenters. The lowest BCUT2D eigenvalue weighted by molar-refractivity contribution is 0.471. The molecule has 0 fully saturated rings. The molecule has 0 aromatic heterocycles. The smallest absolute Gasteiger partial charge is 0.0754 e. The summed E-state index contributed by atoms with van der Waals surface area (Å²) in [4.78, 5) is 0. The molecule has 0 saturated heterocycles. The highest BCUT2D eigenvalue weighted by molar-refractivity contribution is 4.89. The highest BCUT2D eigenvalue weighted by Crippen LogP contribution is 1.91. The van der Waals surface area contributed by atoms with Crippen LogP contribution < -0.4 is 0 Å². The zero-order valence-corrected chi connectivity index (χ0v) is 5.88. The Bertz CT molecular complexity index is 92.7. The number of unbranched alkanes of at least 4 members (excludes halogenated alkanes) is 1. The summed E-state index contributed by atoms with van der Waals surface area (Å²) in [5, 5.41) is 8.21. The Kier molecular flexibility index (Phi) is 6.70. The maximum Gasteiger partial charge on any atom is 0.0754 e. The number of rotatable bonds is 4. The Balaban J connectivity index is 3.04. The summed E-state index contributed by atoms with van der Waals surface area (Å²) in [6.07, 6.45) is 10.1. The van der Waals surface area contributed by atoms with Crippen molar-refractivity contribution in [3.63, 3.8) is 0 Å². The Morgan fingerprint density at radius 2 is 2.00 bits per heavy atom. The van der Waals surface area contributed by atoms with Gasteiger partial charge in [0.15, 0.2) is 0 Å². The van der Waals surface area contributed by atoms with Crippen LogP contribution in [0.5, 0.6) is 0 Å². The van der Waals surface area contributed by atoms with Crippen LogP contribution in [-0.2, 0) is 0 Å². The van der Waals surface area contributed by atoms with Gasteiger partial charge in [-0.2, -0.15) is 0 Å². The molecule has 0 spiro atoms. The molecule has 0 rings (SSSR count). The molecule has 0 aromatic carbocycles. The molecule has 0 amide bonds. The van der Waals surface area contributed by atoms with Gasteiger partial charge in [-0.25, -0.2) is 0 Å². The quantitative estimate of drug-likeness (QED) is 0.453. The topological polar surface area (TPSA) is 20.2 Å². The summed E-state index contributed by atoms with van der Waals surface area (Å²) in [5.41, 5.74) is 0. The fourth-order valence-corrected chi connectivity index (χ4v) is 0.520. The van der Waals surface area contributed by atoms with Gasteiger partial charge in [0.25, 0.3) is 0 Å². The van der Waals surface area contributed by atoms with Crippen LogP contribution in [0, 0.1) is 0 Å². The van der Waals surface area contributed by atoms with Gasteiger partial charge in [-0.3, -0.25) is 0 Å². The van der Waals surface area contributed by atoms with Crippen LogP contribution in [0.25, 0.3) is 0 Å². The van der Waals surface area contributed by atoms with E-state index < -0.39 is 0 Å². The molecule has 1 N–H and O–H groups in total. The van der Waals surface area contributed by atoms with Crippen molar-refractivity contribution in [1.82, 2.24) is 0 Å². The predicted octanol–water partition coefficient (Wildman–Crippen LogP) is 2.80. The average Bonchev–Trinajstić information content (AvgIpc) is 1.89. The molecule has 0 radical (unpaired) electrons. The van der Waals surface area contributed by atoms with Crippen molar-refractivity contribution >= 4 is 0 Å². The van der Waals surface area contributed by atoms with Gasteiger partial charge in [0.1, 0.15) is 0 Å². The van der Waals surface area contributed by atoms with Crippen LogP contribution in [0.4, 0.5) is 0 Å². The third-order valence-corrected chi connectivity index (χ3v) is 1.000. The molecule has 0 aliphatic rings. The Hall–Kier alpha value is -0.720. The molecule has 0 heterocycles. The number of aliphatic hydroxyl groups excluding tert-OH is 1. The monoisotopic (exact) mass is 126 g/mol. The first-order valence-corrected chi connectivity index (χ1v) is 3.36. The second kappa shape index (κ2) is 7.28. The Morgan fingerprint density at radius 1 is 1.22 bits per heavy atom. The lowest BCUT2D eigenvalue weighted by Crippen LogP contribution is -1.61. The van der Waals surface area contributed by atoms with Crippen molar-refractivity contribution in [2.24, 2.45) is 0 Å². The van der Waals surface area contributed by atoms with Gasteiger partial charge >= 0.3 is 0 Å². The minimum atomic E-state index is 0.844. The molecule has 0 saturated carbocycles. The highest BCUT2D eigenvalue weighted by atomic mass is 16.2. The van der Waals surface area contributed by atoms with Crippen molar-refractivity contribution in [2.75, 3.05) is 0 Å². The van der Waals surface area contributed by atoms with Crippen LogP contribution in [0.2, 0.25) is 0 Å². The summed E-state index contributed by atoms with van der Waals surface area (Å²) in [7, 11) is 0. The van der Waals surface area contributed by atoms with Crippen molar-refractivity contribution in [3.05, 3.63) is 24.5 Å². The molecule has 1 heteroatoms. The van der Waals surface area contributed by atoms with Gasteiger partial charge in [-0.15, -0.1) is 0 Å². The second-order valence-electron chi connectivity index (χ2n) is 1.88. The first-order chi connectivity index (χ1) is 4.41. The zero-order valence-electron chi connectivity index (χ0n) is 5.88. The van der Waals surface area contributed by atoms with Crippen LogP contribution >= 0.6 is 0 Å². The maximum absolute atomic E-state index is 8.21. The molecule has 1 nitrogen and oxygen atoms in total. The Morgan fingerprint density at radius 3 is 2.56 bits per heavy atom. The molecule has 0 aromatic rings. The van der Waals surface area contributed by atoms with E-state index in [0.29, 0.717) is 0 Å². The van der Waals surface area contributed by atoms with E-state index in [9.17, 15) is 0 Å². The van der Waals surface area contributed by atoms with Crippen molar-refractivity contribution in [2.45, 2.75) is 26.2 Å². The minimum absolute atomic E-state index is 0.844. The summed E-state index contributed by atoms with van der Waals surface area (Å²) in [6, 6.07) is 0. The van der Waals surface area contributed by atoms with Gasteiger partial charge in [0, 0.05) is 0 Å². The van der Waals surface area contributed by atoms with Crippen LogP contribution in [0.1, 0.15) is 26.2 Å². The Labute approximate surface area is 56.7 Å². The third kappa shape index (κ3) is 7.28. The summed E-state index contributed by atoms with van der Waals surface area (Å²) < 4.78 is 0. The third-order valence-electron chi connectivity index (χ3n) is 1.000. The second-order valence-corrected chi connectivity index (χ2v) is 1.88. The normalized spacial score (nSPS) is 11.7. The highest BCUT2D eigenvalue weighted by Gasteiger charge is 1.71. The van der Waals surface area contributed by atoms with Crippen molar-refractivity contribution < 1.29 is 5.11 Å². The van der Waals surface area contributed by atoms with Crippen molar-refractivity contribution in [1.29, 1.82) is 0 Å². The fraction of sp³-hybridized carbons (Fsp3) is 0.500. The molecule has 52 valence electrons. The average molecular weight is 126 g/mol. The summed E-state index contributed by atoms with van der Waals surface area (Å²) >= 11 is 0. The first-order valence-electron chi connectivity index (χ1n) is 3.36. The van der Waals surface area contributed by atoms with E-state index in [2.05, 4.69) is 19.1 Å². The summed E-state index contributed by atoms with van der Waals surface area (Å²) in [6.45, 7) is 2.15.